The smallest absolute Gasteiger partial charge is 0.230 e. The third kappa shape index (κ3) is 2.63. The minimum Gasteiger partial charge on any atom is -0.357 e. The third-order valence-electron chi connectivity index (χ3n) is 6.12. The van der Waals surface area contributed by atoms with Crippen molar-refractivity contribution in [3.63, 3.8) is 0 Å². The van der Waals surface area contributed by atoms with Crippen LogP contribution in [0.1, 0.15) is 17.4 Å². The van der Waals surface area contributed by atoms with E-state index in [4.69, 9.17) is 4.74 Å². The lowest BCUT2D eigenvalue weighted by molar-refractivity contribution is -0.139. The molecule has 0 saturated carbocycles. The molecule has 4 atom stereocenters. The number of nitrogens with one attached hydrogen (secondary N) is 1. The molecule has 0 aliphatic carbocycles. The van der Waals surface area contributed by atoms with Gasteiger partial charge in [0.2, 0.25) is 11.8 Å². The van der Waals surface area contributed by atoms with E-state index in [9.17, 15) is 9.59 Å². The van der Waals surface area contributed by atoms with Gasteiger partial charge in [0.15, 0.2) is 0 Å². The van der Waals surface area contributed by atoms with Crippen LogP contribution in [0.25, 0.3) is 0 Å². The van der Waals surface area contributed by atoms with Crippen LogP contribution in [-0.4, -0.2) is 34.5 Å². The van der Waals surface area contributed by atoms with Gasteiger partial charge in [0.1, 0.15) is 5.60 Å². The largest absolute Gasteiger partial charge is 0.357 e. The molecule has 5 nitrogen and oxygen atoms in total. The molecule has 2 bridgehead atoms. The molecule has 4 heterocycles. The third-order valence-corrected chi connectivity index (χ3v) is 6.99. The van der Waals surface area contributed by atoms with E-state index in [0.717, 1.165) is 10.4 Å². The Morgan fingerprint density at radius 3 is 2.82 bits per heavy atom. The number of benzene rings is 1. The Hall–Kier alpha value is -2.44. The van der Waals surface area contributed by atoms with E-state index < -0.39 is 23.0 Å². The molecule has 2 saturated heterocycles. The van der Waals surface area contributed by atoms with Gasteiger partial charge >= 0.3 is 0 Å². The van der Waals surface area contributed by atoms with Crippen LogP contribution in [0.3, 0.4) is 0 Å². The second-order valence-electron chi connectivity index (χ2n) is 8.01. The molecule has 2 aromatic rings. The summed E-state index contributed by atoms with van der Waals surface area (Å²) in [6.07, 6.45) is 3.97. The first kappa shape index (κ1) is 17.6. The average Bonchev–Trinajstić information content (AvgIpc) is 3.42. The zero-order valence-electron chi connectivity index (χ0n) is 15.6. The Bertz CT molecular complexity index is 942. The van der Waals surface area contributed by atoms with Crippen LogP contribution in [0, 0.1) is 11.8 Å². The van der Waals surface area contributed by atoms with Crippen molar-refractivity contribution in [1.29, 1.82) is 0 Å². The van der Waals surface area contributed by atoms with Crippen molar-refractivity contribution in [2.24, 2.45) is 11.8 Å². The first-order valence-corrected chi connectivity index (χ1v) is 10.4. The lowest BCUT2D eigenvalue weighted by Crippen LogP contribution is -2.47. The van der Waals surface area contributed by atoms with Crippen molar-refractivity contribution in [2.45, 2.75) is 31.2 Å². The Morgan fingerprint density at radius 2 is 2.07 bits per heavy atom. The van der Waals surface area contributed by atoms with Gasteiger partial charge in [0.25, 0.3) is 0 Å². The van der Waals surface area contributed by atoms with Crippen molar-refractivity contribution in [3.05, 3.63) is 70.4 Å². The molecular formula is C22H22N2O3S. The van der Waals surface area contributed by atoms with Crippen molar-refractivity contribution in [2.75, 3.05) is 6.54 Å². The molecule has 0 radical (unpaired) electrons. The number of hydrogen-bond acceptors (Lipinski definition) is 4. The van der Waals surface area contributed by atoms with Crippen LogP contribution in [0.2, 0.25) is 0 Å². The Labute approximate surface area is 168 Å². The summed E-state index contributed by atoms with van der Waals surface area (Å²) in [7, 11) is 0. The molecule has 3 aliphatic heterocycles. The fourth-order valence-corrected chi connectivity index (χ4v) is 5.53. The average molecular weight is 394 g/mol. The lowest BCUT2D eigenvalue weighted by atomic mass is 9.72. The predicted molar refractivity (Wildman–Crippen MR) is 106 cm³/mol. The van der Waals surface area contributed by atoms with Gasteiger partial charge in [0, 0.05) is 11.4 Å². The molecule has 2 fully saturated rings. The molecule has 28 heavy (non-hydrogen) atoms. The maximum atomic E-state index is 13.3. The monoisotopic (exact) mass is 394 g/mol. The first-order valence-electron chi connectivity index (χ1n) is 9.54. The zero-order chi connectivity index (χ0) is 19.4. The number of ether oxygens (including phenoxy) is 1. The van der Waals surface area contributed by atoms with E-state index in [2.05, 4.69) is 5.32 Å². The van der Waals surface area contributed by atoms with Crippen LogP contribution in [0.4, 0.5) is 0 Å². The summed E-state index contributed by atoms with van der Waals surface area (Å²) in [6.45, 7) is 3.43. The molecule has 3 aliphatic rings. The van der Waals surface area contributed by atoms with Gasteiger partial charge in [-0.1, -0.05) is 48.6 Å². The Kier molecular flexibility index (Phi) is 3.96. The molecule has 1 N–H and O–H groups in total. The maximum absolute atomic E-state index is 13.3. The number of nitrogens with zero attached hydrogens (tertiary/aromatic N) is 1. The van der Waals surface area contributed by atoms with Gasteiger partial charge < -0.3 is 15.0 Å². The number of carbonyl (C=O) groups is 2. The van der Waals surface area contributed by atoms with E-state index in [-0.39, 0.29) is 11.8 Å². The summed E-state index contributed by atoms with van der Waals surface area (Å²) in [6, 6.07) is 13.9. The van der Waals surface area contributed by atoms with Crippen molar-refractivity contribution in [1.82, 2.24) is 10.2 Å². The van der Waals surface area contributed by atoms with E-state index in [0.29, 0.717) is 19.6 Å². The van der Waals surface area contributed by atoms with Crippen LogP contribution in [0.15, 0.2) is 60.0 Å². The topological polar surface area (TPSA) is 58.6 Å². The molecule has 5 rings (SSSR count). The number of thiophene rings is 1. The highest BCUT2D eigenvalue weighted by Crippen LogP contribution is 2.57. The van der Waals surface area contributed by atoms with Gasteiger partial charge in [-0.25, -0.2) is 0 Å². The minimum atomic E-state index is -0.724. The summed E-state index contributed by atoms with van der Waals surface area (Å²) in [5.74, 6) is -1.07. The highest BCUT2D eigenvalue weighted by Gasteiger charge is 2.71. The second kappa shape index (κ2) is 6.29. The van der Waals surface area contributed by atoms with E-state index in [1.165, 1.54) is 0 Å². The second-order valence-corrected chi connectivity index (χ2v) is 9.04. The standard InChI is InChI=1S/C22H22N2O3S/c1-21-9-10-22(27-21)14-24(13-15-6-3-2-4-7-15)20(26)18(22)17(21)19(25)23-12-16-8-5-11-28-16/h2-11,17-18H,12-14H2,1H3,(H,23,25). The summed E-state index contributed by atoms with van der Waals surface area (Å²) in [5, 5.41) is 5.01. The summed E-state index contributed by atoms with van der Waals surface area (Å²) < 4.78 is 6.35. The van der Waals surface area contributed by atoms with E-state index >= 15 is 0 Å². The number of carbonyl (C=O) groups excluding carboxylic acids is 2. The van der Waals surface area contributed by atoms with Gasteiger partial charge in [-0.05, 0) is 23.9 Å². The van der Waals surface area contributed by atoms with Crippen molar-refractivity contribution < 1.29 is 14.3 Å². The van der Waals surface area contributed by atoms with Gasteiger partial charge in [0.05, 0.1) is 30.5 Å². The fraction of sp³-hybridized carbons (Fsp3) is 0.364. The van der Waals surface area contributed by atoms with Gasteiger partial charge in [-0.15, -0.1) is 11.3 Å². The number of hydrogen-bond donors (Lipinski definition) is 1. The molecule has 2 amide bonds. The molecular weight excluding hydrogens is 372 g/mol. The highest BCUT2D eigenvalue weighted by molar-refractivity contribution is 7.09. The molecule has 1 aromatic heterocycles. The normalized spacial score (nSPS) is 32.8. The predicted octanol–water partition coefficient (Wildman–Crippen LogP) is 2.74. The maximum Gasteiger partial charge on any atom is 0.230 e. The van der Waals surface area contributed by atoms with Crippen LogP contribution >= 0.6 is 11.3 Å². The van der Waals surface area contributed by atoms with E-state index in [1.54, 1.807) is 11.3 Å². The molecule has 1 spiro atoms. The summed E-state index contributed by atoms with van der Waals surface area (Å²) in [4.78, 5) is 29.3. The van der Waals surface area contributed by atoms with Crippen LogP contribution < -0.4 is 5.32 Å². The summed E-state index contributed by atoms with van der Waals surface area (Å²) in [5.41, 5.74) is -0.333. The number of rotatable bonds is 5. The SMILES string of the molecule is CC12C=CC3(CN(Cc4ccccc4)C(=O)C3C1C(=O)NCc1cccs1)O2. The van der Waals surface area contributed by atoms with Gasteiger partial charge in [-0.3, -0.25) is 9.59 Å². The number of likely N-dealkylation sites (tertiary alicyclic amines) is 1. The fourth-order valence-electron chi connectivity index (χ4n) is 4.89. The molecule has 1 aromatic carbocycles. The molecule has 4 unspecified atom stereocenters. The van der Waals surface area contributed by atoms with Crippen molar-refractivity contribution in [3.8, 4) is 0 Å². The van der Waals surface area contributed by atoms with Crippen molar-refractivity contribution >= 4 is 23.2 Å². The van der Waals surface area contributed by atoms with Crippen LogP contribution in [-0.2, 0) is 27.4 Å². The molecule has 144 valence electrons. The molecule has 6 heteroatoms. The number of amides is 2. The quantitative estimate of drug-likeness (QED) is 0.794. The minimum absolute atomic E-state index is 0.00759. The zero-order valence-corrected chi connectivity index (χ0v) is 16.4. The summed E-state index contributed by atoms with van der Waals surface area (Å²) >= 11 is 1.61. The Morgan fingerprint density at radius 1 is 1.25 bits per heavy atom. The van der Waals surface area contributed by atoms with Gasteiger partial charge in [-0.2, -0.15) is 0 Å². The number of fused-ring (bicyclic) bond motifs is 1. The Balaban J connectivity index is 1.38. The van der Waals surface area contributed by atoms with E-state index in [1.807, 2.05) is 71.8 Å². The van der Waals surface area contributed by atoms with Crippen LogP contribution in [0.5, 0.6) is 0 Å². The highest BCUT2D eigenvalue weighted by atomic mass is 32.1. The lowest BCUT2D eigenvalue weighted by Gasteiger charge is -2.29. The first-order chi connectivity index (χ1) is 13.5.